The lowest BCUT2D eigenvalue weighted by Gasteiger charge is -1.88. The zero-order valence-electron chi connectivity index (χ0n) is 12.1. The van der Waals surface area contributed by atoms with Crippen molar-refractivity contribution in [1.82, 2.24) is 0 Å². The van der Waals surface area contributed by atoms with Crippen LogP contribution in [0.25, 0.3) is 0 Å². The Labute approximate surface area is 104 Å². The molecule has 0 aromatic heterocycles. The van der Waals surface area contributed by atoms with Crippen molar-refractivity contribution >= 4 is 11.6 Å². The Hall–Kier alpha value is -1.04. The molecular weight excluding hydrogens is 224 g/mol. The third-order valence-electron chi connectivity index (χ3n) is 1.00. The number of carbonyl (C=O) groups excluding carboxylic acids is 2. The molecule has 0 spiro atoms. The van der Waals surface area contributed by atoms with Gasteiger partial charge in [0.25, 0.3) is 0 Å². The van der Waals surface area contributed by atoms with E-state index in [0.717, 1.165) is 0 Å². The number of Topliss-reactive ketones (excluding diaryl/α,β-unsaturated/α-hetero) is 2. The summed E-state index contributed by atoms with van der Waals surface area (Å²) in [6.07, 6.45) is 0. The van der Waals surface area contributed by atoms with Crippen LogP contribution in [0.1, 0.15) is 55.4 Å². The highest BCUT2D eigenvalue weighted by molar-refractivity contribution is 5.72. The normalized spacial score (nSPS) is 6.94. The van der Waals surface area contributed by atoms with Gasteiger partial charge in [-0.3, -0.25) is 0 Å². The Balaban J connectivity index is -0.0000000688. The molecule has 0 aromatic rings. The molecule has 0 aliphatic heterocycles. The van der Waals surface area contributed by atoms with Crippen molar-refractivity contribution in [2.75, 3.05) is 0 Å². The number of rotatable bonds is 0. The van der Waals surface area contributed by atoms with Crippen LogP contribution in [0.4, 0.5) is 0 Å². The first-order valence-electron chi connectivity index (χ1n) is 5.02. The third kappa shape index (κ3) is 287. The summed E-state index contributed by atoms with van der Waals surface area (Å²) in [6.45, 7) is 14.6. The van der Waals surface area contributed by atoms with Crippen molar-refractivity contribution in [3.05, 3.63) is 11.1 Å². The third-order valence-corrected chi connectivity index (χ3v) is 1.00. The highest BCUT2D eigenvalue weighted by Crippen LogP contribution is 1.96. The van der Waals surface area contributed by atoms with Gasteiger partial charge in [-0.1, -0.05) is 16.2 Å². The van der Waals surface area contributed by atoms with Gasteiger partial charge in [0.2, 0.25) is 0 Å². The minimum atomic E-state index is 0.167. The van der Waals surface area contributed by atoms with Crippen LogP contribution in [0.15, 0.2) is 11.1 Å². The largest absolute Gasteiger partial charge is 0.300 e. The molecular formula is C12H26O5. The van der Waals surface area contributed by atoms with Gasteiger partial charge in [-0.15, -0.1) is 0 Å². The monoisotopic (exact) mass is 250 g/mol. The molecule has 0 heterocycles. The zero-order valence-corrected chi connectivity index (χ0v) is 12.1. The molecule has 0 fully saturated rings. The molecule has 5 nitrogen and oxygen atoms in total. The summed E-state index contributed by atoms with van der Waals surface area (Å²) >= 11 is 0. The minimum Gasteiger partial charge on any atom is -0.300 e. The molecule has 0 saturated carbocycles. The molecule has 17 heavy (non-hydrogen) atoms. The van der Waals surface area contributed by atoms with Crippen molar-refractivity contribution in [2.45, 2.75) is 55.4 Å². The maximum atomic E-state index is 9.44. The molecule has 0 unspecified atom stereocenters. The van der Waals surface area contributed by atoms with E-state index in [2.05, 4.69) is 32.7 Å². The second kappa shape index (κ2) is 20.4. The lowest BCUT2D eigenvalue weighted by molar-refractivity contribution is -0.465. The van der Waals surface area contributed by atoms with E-state index in [1.807, 2.05) is 0 Å². The highest BCUT2D eigenvalue weighted by atomic mass is 17.4. The SMILES string of the molecule is CC(C)=C(C)C.CC(C)=O.CC(C)=O.OOO. The van der Waals surface area contributed by atoms with Gasteiger partial charge in [0.1, 0.15) is 11.6 Å². The fraction of sp³-hybridized carbons (Fsp3) is 0.667. The highest BCUT2D eigenvalue weighted by Gasteiger charge is 1.75. The van der Waals surface area contributed by atoms with E-state index < -0.39 is 0 Å². The van der Waals surface area contributed by atoms with Crippen LogP contribution in [0.3, 0.4) is 0 Å². The van der Waals surface area contributed by atoms with Crippen LogP contribution in [-0.4, -0.2) is 22.1 Å². The number of carbonyl (C=O) groups is 2. The maximum Gasteiger partial charge on any atom is 0.126 e. The Morgan fingerprint density at radius 1 is 0.647 bits per heavy atom. The first-order valence-corrected chi connectivity index (χ1v) is 5.02. The molecule has 0 saturated heterocycles. The zero-order chi connectivity index (χ0) is 15.0. The summed E-state index contributed by atoms with van der Waals surface area (Å²) in [6, 6.07) is 0. The van der Waals surface area contributed by atoms with E-state index in [1.54, 1.807) is 0 Å². The lowest BCUT2D eigenvalue weighted by Crippen LogP contribution is -1.69. The molecule has 0 aliphatic rings. The van der Waals surface area contributed by atoms with E-state index in [9.17, 15) is 9.59 Å². The van der Waals surface area contributed by atoms with E-state index >= 15 is 0 Å². The second-order valence-corrected chi connectivity index (χ2v) is 3.90. The summed E-state index contributed by atoms with van der Waals surface area (Å²) < 4.78 is 0. The van der Waals surface area contributed by atoms with Gasteiger partial charge in [-0.25, -0.2) is 10.5 Å². The standard InChI is InChI=1S/C6H12.2C3H6O.H2O3/c1-5(2)6(3)4;2*1-3(2)4;1-3-2/h1-4H3;2*1-2H3;1-2H. The quantitative estimate of drug-likeness (QED) is 0.390. The average molecular weight is 250 g/mol. The van der Waals surface area contributed by atoms with Gasteiger partial charge >= 0.3 is 0 Å². The van der Waals surface area contributed by atoms with Crippen molar-refractivity contribution in [2.24, 2.45) is 0 Å². The summed E-state index contributed by atoms with van der Waals surface area (Å²) in [7, 11) is 0. The molecule has 104 valence electrons. The fourth-order valence-corrected chi connectivity index (χ4v) is 0. The van der Waals surface area contributed by atoms with Gasteiger partial charge in [0, 0.05) is 0 Å². The molecule has 0 amide bonds. The summed E-state index contributed by atoms with van der Waals surface area (Å²) in [4.78, 5) is 18.9. The first-order chi connectivity index (χ1) is 7.52. The van der Waals surface area contributed by atoms with E-state index in [4.69, 9.17) is 10.5 Å². The van der Waals surface area contributed by atoms with Gasteiger partial charge in [0.15, 0.2) is 0 Å². The van der Waals surface area contributed by atoms with Crippen molar-refractivity contribution in [3.8, 4) is 0 Å². The van der Waals surface area contributed by atoms with E-state index in [0.29, 0.717) is 0 Å². The molecule has 0 aliphatic carbocycles. The Bertz CT molecular complexity index is 181. The van der Waals surface area contributed by atoms with Crippen molar-refractivity contribution in [3.63, 3.8) is 0 Å². The molecule has 0 rings (SSSR count). The molecule has 0 aromatic carbocycles. The molecule has 0 radical (unpaired) electrons. The smallest absolute Gasteiger partial charge is 0.126 e. The van der Waals surface area contributed by atoms with E-state index in [1.165, 1.54) is 38.8 Å². The number of allylic oxidation sites excluding steroid dienone is 2. The van der Waals surface area contributed by atoms with Crippen LogP contribution >= 0.6 is 0 Å². The predicted octanol–water partition coefficient (Wildman–Crippen LogP) is 3.50. The number of ketones is 2. The Kier molecular flexibility index (Phi) is 29.9. The van der Waals surface area contributed by atoms with Crippen LogP contribution in [0, 0.1) is 0 Å². The van der Waals surface area contributed by atoms with Crippen molar-refractivity contribution in [1.29, 1.82) is 0 Å². The van der Waals surface area contributed by atoms with Crippen LogP contribution in [0.5, 0.6) is 0 Å². The minimum absolute atomic E-state index is 0.167. The molecule has 5 heteroatoms. The number of hydrogen-bond donors (Lipinski definition) is 2. The summed E-state index contributed by atoms with van der Waals surface area (Å²) in [5, 5.41) is 15.5. The molecule has 2 N–H and O–H groups in total. The van der Waals surface area contributed by atoms with E-state index in [-0.39, 0.29) is 11.6 Å². The molecule has 0 bridgehead atoms. The van der Waals surface area contributed by atoms with Crippen molar-refractivity contribution < 1.29 is 25.1 Å². The maximum absolute atomic E-state index is 9.44. The average Bonchev–Trinajstić information content (AvgIpc) is 2.02. The van der Waals surface area contributed by atoms with Crippen LogP contribution < -0.4 is 0 Å². The Morgan fingerprint density at radius 3 is 0.706 bits per heavy atom. The van der Waals surface area contributed by atoms with Gasteiger partial charge in [-0.2, -0.15) is 0 Å². The Morgan fingerprint density at radius 2 is 0.706 bits per heavy atom. The number of hydrogen-bond acceptors (Lipinski definition) is 5. The summed E-state index contributed by atoms with van der Waals surface area (Å²) in [5.41, 5.74) is 2.85. The van der Waals surface area contributed by atoms with Gasteiger partial charge < -0.3 is 9.59 Å². The van der Waals surface area contributed by atoms with Gasteiger partial charge in [-0.05, 0) is 55.4 Å². The topological polar surface area (TPSA) is 83.8 Å². The van der Waals surface area contributed by atoms with Gasteiger partial charge in [0.05, 0.1) is 0 Å². The molecule has 0 atom stereocenters. The first kappa shape index (κ1) is 25.0. The second-order valence-electron chi connectivity index (χ2n) is 3.90. The van der Waals surface area contributed by atoms with Crippen LogP contribution in [-0.2, 0) is 14.6 Å². The van der Waals surface area contributed by atoms with Crippen LogP contribution in [0.2, 0.25) is 0 Å². The lowest BCUT2D eigenvalue weighted by atomic mass is 10.2. The fourth-order valence-electron chi connectivity index (χ4n) is 0. The predicted molar refractivity (Wildman–Crippen MR) is 68.8 cm³/mol. The summed E-state index contributed by atoms with van der Waals surface area (Å²) in [5.74, 6) is 0.333.